The summed E-state index contributed by atoms with van der Waals surface area (Å²) in [6, 6.07) is 0. The standard InChI is InChI=1S/C10H22O/c1-5-9(3)7-8-10(4,11)6-2/h9,11H,5-8H2,1-4H3/t9-,10-/m0/s1. The van der Waals surface area contributed by atoms with E-state index in [1.807, 2.05) is 13.8 Å². The normalized spacial score (nSPS) is 19.4. The third-order valence-electron chi connectivity index (χ3n) is 2.63. The zero-order chi connectivity index (χ0) is 8.91. The van der Waals surface area contributed by atoms with Crippen LogP contribution in [0.5, 0.6) is 0 Å². The van der Waals surface area contributed by atoms with Crippen molar-refractivity contribution < 1.29 is 5.11 Å². The molecule has 68 valence electrons. The predicted octanol–water partition coefficient (Wildman–Crippen LogP) is 2.97. The van der Waals surface area contributed by atoms with Gasteiger partial charge < -0.3 is 5.11 Å². The van der Waals surface area contributed by atoms with E-state index in [9.17, 15) is 5.11 Å². The Morgan fingerprint density at radius 2 is 1.91 bits per heavy atom. The maximum Gasteiger partial charge on any atom is 0.0617 e. The Bertz CT molecular complexity index is 97.0. The van der Waals surface area contributed by atoms with Gasteiger partial charge in [0.2, 0.25) is 0 Å². The molecule has 0 aromatic carbocycles. The third-order valence-corrected chi connectivity index (χ3v) is 2.63. The summed E-state index contributed by atoms with van der Waals surface area (Å²) in [5.41, 5.74) is -0.427. The summed E-state index contributed by atoms with van der Waals surface area (Å²) >= 11 is 0. The van der Waals surface area contributed by atoms with E-state index >= 15 is 0 Å². The molecule has 0 saturated heterocycles. The molecular weight excluding hydrogens is 136 g/mol. The Balaban J connectivity index is 3.52. The molecule has 0 spiro atoms. The summed E-state index contributed by atoms with van der Waals surface area (Å²) < 4.78 is 0. The van der Waals surface area contributed by atoms with E-state index in [1.54, 1.807) is 0 Å². The van der Waals surface area contributed by atoms with E-state index < -0.39 is 5.60 Å². The van der Waals surface area contributed by atoms with Crippen molar-refractivity contribution in [1.82, 2.24) is 0 Å². The highest BCUT2D eigenvalue weighted by atomic mass is 16.3. The molecule has 0 amide bonds. The van der Waals surface area contributed by atoms with Crippen LogP contribution in [0.1, 0.15) is 53.4 Å². The van der Waals surface area contributed by atoms with Crippen molar-refractivity contribution in [3.05, 3.63) is 0 Å². The molecule has 11 heavy (non-hydrogen) atoms. The smallest absolute Gasteiger partial charge is 0.0617 e. The lowest BCUT2D eigenvalue weighted by Gasteiger charge is -2.22. The van der Waals surface area contributed by atoms with Crippen LogP contribution in [0.15, 0.2) is 0 Å². The third kappa shape index (κ3) is 5.25. The Hall–Kier alpha value is -0.0400. The fourth-order valence-electron chi connectivity index (χ4n) is 0.938. The van der Waals surface area contributed by atoms with Crippen molar-refractivity contribution in [2.24, 2.45) is 5.92 Å². The summed E-state index contributed by atoms with van der Waals surface area (Å²) in [6.45, 7) is 8.41. The maximum absolute atomic E-state index is 9.67. The fourth-order valence-corrected chi connectivity index (χ4v) is 0.938. The van der Waals surface area contributed by atoms with Gasteiger partial charge in [0, 0.05) is 0 Å². The molecule has 0 heterocycles. The second kappa shape index (κ2) is 4.76. The molecule has 0 aromatic rings. The lowest BCUT2D eigenvalue weighted by molar-refractivity contribution is 0.0408. The maximum atomic E-state index is 9.67. The average molecular weight is 158 g/mol. The number of hydrogen-bond donors (Lipinski definition) is 1. The van der Waals surface area contributed by atoms with Crippen LogP contribution in [-0.4, -0.2) is 10.7 Å². The van der Waals surface area contributed by atoms with Gasteiger partial charge in [-0.3, -0.25) is 0 Å². The first-order valence-electron chi connectivity index (χ1n) is 4.74. The SMILES string of the molecule is CC[C@H](C)CC[C@@](C)(O)CC. The Labute approximate surface area is 70.8 Å². The van der Waals surface area contributed by atoms with Gasteiger partial charge in [0.25, 0.3) is 0 Å². The van der Waals surface area contributed by atoms with Gasteiger partial charge in [-0.25, -0.2) is 0 Å². The van der Waals surface area contributed by atoms with Crippen molar-refractivity contribution in [2.45, 2.75) is 59.0 Å². The quantitative estimate of drug-likeness (QED) is 0.652. The van der Waals surface area contributed by atoms with Crippen molar-refractivity contribution in [1.29, 1.82) is 0 Å². The summed E-state index contributed by atoms with van der Waals surface area (Å²) in [7, 11) is 0. The molecule has 0 unspecified atom stereocenters. The van der Waals surface area contributed by atoms with Crippen LogP contribution in [0.3, 0.4) is 0 Å². The first-order valence-corrected chi connectivity index (χ1v) is 4.74. The van der Waals surface area contributed by atoms with Crippen LogP contribution in [0.25, 0.3) is 0 Å². The van der Waals surface area contributed by atoms with Gasteiger partial charge >= 0.3 is 0 Å². The van der Waals surface area contributed by atoms with Crippen molar-refractivity contribution in [3.63, 3.8) is 0 Å². The van der Waals surface area contributed by atoms with Gasteiger partial charge in [0.15, 0.2) is 0 Å². The van der Waals surface area contributed by atoms with E-state index in [1.165, 1.54) is 6.42 Å². The van der Waals surface area contributed by atoms with Crippen LogP contribution in [-0.2, 0) is 0 Å². The molecule has 1 nitrogen and oxygen atoms in total. The molecule has 0 aliphatic heterocycles. The highest BCUT2D eigenvalue weighted by Crippen LogP contribution is 2.20. The average Bonchev–Trinajstić information content (AvgIpc) is 2.00. The van der Waals surface area contributed by atoms with Gasteiger partial charge in [0.1, 0.15) is 0 Å². The molecule has 0 rings (SSSR count). The predicted molar refractivity (Wildman–Crippen MR) is 49.6 cm³/mol. The number of aliphatic hydroxyl groups is 1. The minimum atomic E-state index is -0.427. The molecule has 2 atom stereocenters. The van der Waals surface area contributed by atoms with E-state index in [0.29, 0.717) is 0 Å². The molecule has 1 N–H and O–H groups in total. The first kappa shape index (κ1) is 11.0. The number of rotatable bonds is 5. The highest BCUT2D eigenvalue weighted by molar-refractivity contribution is 4.70. The van der Waals surface area contributed by atoms with Crippen molar-refractivity contribution in [3.8, 4) is 0 Å². The van der Waals surface area contributed by atoms with E-state index in [-0.39, 0.29) is 0 Å². The lowest BCUT2D eigenvalue weighted by atomic mass is 9.91. The molecule has 0 aliphatic rings. The van der Waals surface area contributed by atoms with E-state index in [4.69, 9.17) is 0 Å². The molecule has 1 heteroatoms. The van der Waals surface area contributed by atoms with E-state index in [0.717, 1.165) is 25.2 Å². The topological polar surface area (TPSA) is 20.2 Å². The molecule has 0 fully saturated rings. The van der Waals surface area contributed by atoms with Crippen molar-refractivity contribution >= 4 is 0 Å². The Morgan fingerprint density at radius 3 is 2.27 bits per heavy atom. The Kier molecular flexibility index (Phi) is 4.74. The fraction of sp³-hybridized carbons (Fsp3) is 1.00. The van der Waals surface area contributed by atoms with Gasteiger partial charge in [-0.1, -0.05) is 27.2 Å². The van der Waals surface area contributed by atoms with Crippen LogP contribution in [0, 0.1) is 5.92 Å². The summed E-state index contributed by atoms with van der Waals surface area (Å²) in [5, 5.41) is 9.67. The van der Waals surface area contributed by atoms with E-state index in [2.05, 4.69) is 13.8 Å². The zero-order valence-electron chi connectivity index (χ0n) is 8.35. The molecular formula is C10H22O. The molecule has 0 aliphatic carbocycles. The summed E-state index contributed by atoms with van der Waals surface area (Å²) in [5.74, 6) is 0.757. The molecule has 0 radical (unpaired) electrons. The van der Waals surface area contributed by atoms with Gasteiger partial charge in [-0.15, -0.1) is 0 Å². The highest BCUT2D eigenvalue weighted by Gasteiger charge is 2.17. The summed E-state index contributed by atoms with van der Waals surface area (Å²) in [4.78, 5) is 0. The monoisotopic (exact) mass is 158 g/mol. The van der Waals surface area contributed by atoms with Gasteiger partial charge in [-0.2, -0.15) is 0 Å². The first-order chi connectivity index (χ1) is 5.02. The van der Waals surface area contributed by atoms with Gasteiger partial charge in [-0.05, 0) is 32.1 Å². The molecule has 0 saturated carbocycles. The second-order valence-corrected chi connectivity index (χ2v) is 3.90. The van der Waals surface area contributed by atoms with Crippen LogP contribution in [0.2, 0.25) is 0 Å². The molecule has 0 bridgehead atoms. The second-order valence-electron chi connectivity index (χ2n) is 3.90. The van der Waals surface area contributed by atoms with Crippen LogP contribution in [0.4, 0.5) is 0 Å². The minimum absolute atomic E-state index is 0.427. The lowest BCUT2D eigenvalue weighted by Crippen LogP contribution is -2.23. The molecule has 0 aromatic heterocycles. The summed E-state index contributed by atoms with van der Waals surface area (Å²) in [6.07, 6.45) is 4.18. The largest absolute Gasteiger partial charge is 0.390 e. The van der Waals surface area contributed by atoms with Crippen LogP contribution >= 0.6 is 0 Å². The van der Waals surface area contributed by atoms with Crippen LogP contribution < -0.4 is 0 Å². The van der Waals surface area contributed by atoms with Gasteiger partial charge in [0.05, 0.1) is 5.60 Å². The Morgan fingerprint density at radius 1 is 1.36 bits per heavy atom. The minimum Gasteiger partial charge on any atom is -0.390 e. The number of hydrogen-bond acceptors (Lipinski definition) is 1. The van der Waals surface area contributed by atoms with Crippen molar-refractivity contribution in [2.75, 3.05) is 0 Å². The zero-order valence-corrected chi connectivity index (χ0v) is 8.35.